The lowest BCUT2D eigenvalue weighted by Gasteiger charge is -2.04. The SMILES string of the molecule is CNC(C)Cc1nc(CSc2cccc(F)c2)no1. The molecule has 0 aliphatic rings. The van der Waals surface area contributed by atoms with Crippen molar-refractivity contribution in [1.82, 2.24) is 15.5 Å². The van der Waals surface area contributed by atoms with Crippen LogP contribution < -0.4 is 5.32 Å². The molecule has 0 radical (unpaired) electrons. The van der Waals surface area contributed by atoms with Gasteiger partial charge in [-0.15, -0.1) is 11.8 Å². The Bertz CT molecular complexity index is 532. The molecule has 0 aliphatic carbocycles. The van der Waals surface area contributed by atoms with Gasteiger partial charge in [-0.3, -0.25) is 0 Å². The van der Waals surface area contributed by atoms with E-state index >= 15 is 0 Å². The molecule has 19 heavy (non-hydrogen) atoms. The molecule has 0 amide bonds. The summed E-state index contributed by atoms with van der Waals surface area (Å²) in [5, 5.41) is 7.02. The fourth-order valence-corrected chi connectivity index (χ4v) is 2.28. The summed E-state index contributed by atoms with van der Waals surface area (Å²) in [4.78, 5) is 5.16. The quantitative estimate of drug-likeness (QED) is 0.825. The lowest BCUT2D eigenvalue weighted by molar-refractivity contribution is 0.362. The molecule has 0 fully saturated rings. The van der Waals surface area contributed by atoms with Gasteiger partial charge in [-0.25, -0.2) is 4.39 Å². The molecule has 1 atom stereocenters. The highest BCUT2D eigenvalue weighted by molar-refractivity contribution is 7.98. The van der Waals surface area contributed by atoms with Crippen molar-refractivity contribution in [3.05, 3.63) is 41.8 Å². The van der Waals surface area contributed by atoms with Crippen LogP contribution in [0.4, 0.5) is 4.39 Å². The Morgan fingerprint density at radius 2 is 2.32 bits per heavy atom. The Balaban J connectivity index is 1.90. The van der Waals surface area contributed by atoms with Crippen molar-refractivity contribution in [3.63, 3.8) is 0 Å². The van der Waals surface area contributed by atoms with Crippen molar-refractivity contribution < 1.29 is 8.91 Å². The molecule has 6 heteroatoms. The molecule has 1 heterocycles. The second-order valence-corrected chi connectivity index (χ2v) is 5.29. The van der Waals surface area contributed by atoms with Gasteiger partial charge in [-0.1, -0.05) is 11.2 Å². The molecule has 1 N–H and O–H groups in total. The number of benzene rings is 1. The second kappa shape index (κ2) is 6.68. The topological polar surface area (TPSA) is 51.0 Å². The lowest BCUT2D eigenvalue weighted by atomic mass is 10.2. The van der Waals surface area contributed by atoms with Gasteiger partial charge in [-0.2, -0.15) is 4.98 Å². The van der Waals surface area contributed by atoms with Gasteiger partial charge in [0.1, 0.15) is 5.82 Å². The zero-order valence-electron chi connectivity index (χ0n) is 10.9. The van der Waals surface area contributed by atoms with Crippen LogP contribution in [-0.2, 0) is 12.2 Å². The Morgan fingerprint density at radius 3 is 3.05 bits per heavy atom. The Morgan fingerprint density at radius 1 is 1.47 bits per heavy atom. The van der Waals surface area contributed by atoms with E-state index in [0.29, 0.717) is 29.9 Å². The number of thioether (sulfide) groups is 1. The van der Waals surface area contributed by atoms with Crippen molar-refractivity contribution >= 4 is 11.8 Å². The number of rotatable bonds is 6. The monoisotopic (exact) mass is 281 g/mol. The molecule has 0 spiro atoms. The van der Waals surface area contributed by atoms with E-state index in [2.05, 4.69) is 15.5 Å². The minimum absolute atomic E-state index is 0.235. The maximum atomic E-state index is 13.0. The van der Waals surface area contributed by atoms with Crippen molar-refractivity contribution in [2.45, 2.75) is 30.0 Å². The summed E-state index contributed by atoms with van der Waals surface area (Å²) in [6.07, 6.45) is 0.703. The molecule has 0 bridgehead atoms. The first-order valence-corrected chi connectivity index (χ1v) is 7.03. The summed E-state index contributed by atoms with van der Waals surface area (Å²) in [6.45, 7) is 2.05. The number of hydrogen-bond acceptors (Lipinski definition) is 5. The minimum Gasteiger partial charge on any atom is -0.339 e. The highest BCUT2D eigenvalue weighted by atomic mass is 32.2. The van der Waals surface area contributed by atoms with Crippen LogP contribution in [0.2, 0.25) is 0 Å². The number of likely N-dealkylation sites (N-methyl/N-ethyl adjacent to an activating group) is 1. The van der Waals surface area contributed by atoms with E-state index in [-0.39, 0.29) is 5.82 Å². The molecule has 1 aromatic carbocycles. The maximum Gasteiger partial charge on any atom is 0.228 e. The summed E-state index contributed by atoms with van der Waals surface area (Å²) in [6, 6.07) is 6.76. The van der Waals surface area contributed by atoms with Crippen LogP contribution in [0.5, 0.6) is 0 Å². The van der Waals surface area contributed by atoms with Crippen molar-refractivity contribution in [3.8, 4) is 0 Å². The number of hydrogen-bond donors (Lipinski definition) is 1. The lowest BCUT2D eigenvalue weighted by Crippen LogP contribution is -2.23. The number of nitrogens with one attached hydrogen (secondary N) is 1. The Kier molecular flexibility index (Phi) is 4.93. The van der Waals surface area contributed by atoms with Crippen LogP contribution in [0, 0.1) is 5.82 Å². The zero-order valence-corrected chi connectivity index (χ0v) is 11.7. The van der Waals surface area contributed by atoms with Gasteiger partial charge >= 0.3 is 0 Å². The van der Waals surface area contributed by atoms with Crippen LogP contribution >= 0.6 is 11.8 Å². The van der Waals surface area contributed by atoms with Gasteiger partial charge < -0.3 is 9.84 Å². The molecule has 2 aromatic rings. The Hall–Kier alpha value is -1.40. The summed E-state index contributed by atoms with van der Waals surface area (Å²) in [5.41, 5.74) is 0. The minimum atomic E-state index is -0.235. The molecule has 0 saturated carbocycles. The number of aromatic nitrogens is 2. The third-order valence-electron chi connectivity index (χ3n) is 2.65. The largest absolute Gasteiger partial charge is 0.339 e. The maximum absolute atomic E-state index is 13.0. The predicted molar refractivity (Wildman–Crippen MR) is 72.5 cm³/mol. The fraction of sp³-hybridized carbons (Fsp3) is 0.385. The third-order valence-corrected chi connectivity index (χ3v) is 3.64. The van der Waals surface area contributed by atoms with E-state index in [9.17, 15) is 4.39 Å². The van der Waals surface area contributed by atoms with Gasteiger partial charge in [-0.05, 0) is 32.2 Å². The van der Waals surface area contributed by atoms with Gasteiger partial charge in [0.25, 0.3) is 0 Å². The molecule has 0 aliphatic heterocycles. The van der Waals surface area contributed by atoms with Crippen molar-refractivity contribution in [2.75, 3.05) is 7.05 Å². The van der Waals surface area contributed by atoms with Crippen LogP contribution in [-0.4, -0.2) is 23.2 Å². The molecular weight excluding hydrogens is 265 g/mol. The Labute approximate surface area is 115 Å². The molecule has 0 saturated heterocycles. The highest BCUT2D eigenvalue weighted by Gasteiger charge is 2.10. The van der Waals surface area contributed by atoms with Gasteiger partial charge in [0, 0.05) is 17.4 Å². The summed E-state index contributed by atoms with van der Waals surface area (Å²) >= 11 is 1.49. The fourth-order valence-electron chi connectivity index (χ4n) is 1.50. The molecule has 4 nitrogen and oxygen atoms in total. The summed E-state index contributed by atoms with van der Waals surface area (Å²) in [5.74, 6) is 1.59. The average molecular weight is 281 g/mol. The second-order valence-electron chi connectivity index (χ2n) is 4.24. The average Bonchev–Trinajstić information content (AvgIpc) is 2.84. The zero-order chi connectivity index (χ0) is 13.7. The van der Waals surface area contributed by atoms with E-state index in [4.69, 9.17) is 4.52 Å². The summed E-state index contributed by atoms with van der Waals surface area (Å²) in [7, 11) is 1.89. The molecule has 2 rings (SSSR count). The highest BCUT2D eigenvalue weighted by Crippen LogP contribution is 2.22. The molecule has 1 aromatic heterocycles. The van der Waals surface area contributed by atoms with Gasteiger partial charge in [0.05, 0.1) is 5.75 Å². The molecular formula is C13H16FN3OS. The van der Waals surface area contributed by atoms with Gasteiger partial charge in [0.2, 0.25) is 5.89 Å². The predicted octanol–water partition coefficient (Wildman–Crippen LogP) is 2.65. The molecule has 1 unspecified atom stereocenters. The smallest absolute Gasteiger partial charge is 0.228 e. The van der Waals surface area contributed by atoms with E-state index in [0.717, 1.165) is 4.90 Å². The summed E-state index contributed by atoms with van der Waals surface area (Å²) < 4.78 is 18.2. The third kappa shape index (κ3) is 4.33. The van der Waals surface area contributed by atoms with Crippen LogP contribution in [0.25, 0.3) is 0 Å². The van der Waals surface area contributed by atoms with Gasteiger partial charge in [0.15, 0.2) is 5.82 Å². The van der Waals surface area contributed by atoms with Crippen LogP contribution in [0.15, 0.2) is 33.7 Å². The number of nitrogens with zero attached hydrogens (tertiary/aromatic N) is 2. The first kappa shape index (κ1) is 14.0. The van der Waals surface area contributed by atoms with E-state index in [1.54, 1.807) is 6.07 Å². The normalized spacial score (nSPS) is 12.6. The van der Waals surface area contributed by atoms with E-state index in [1.165, 1.54) is 23.9 Å². The number of halogens is 1. The van der Waals surface area contributed by atoms with Crippen molar-refractivity contribution in [1.29, 1.82) is 0 Å². The first-order valence-electron chi connectivity index (χ1n) is 6.04. The standard InChI is InChI=1S/C13H16FN3OS/c1-9(15-2)6-13-16-12(17-18-13)8-19-11-5-3-4-10(14)7-11/h3-5,7,9,15H,6,8H2,1-2H3. The van der Waals surface area contributed by atoms with Crippen molar-refractivity contribution in [2.24, 2.45) is 0 Å². The van der Waals surface area contributed by atoms with E-state index in [1.807, 2.05) is 20.0 Å². The van der Waals surface area contributed by atoms with Crippen LogP contribution in [0.1, 0.15) is 18.6 Å². The van der Waals surface area contributed by atoms with Crippen LogP contribution in [0.3, 0.4) is 0 Å². The van der Waals surface area contributed by atoms with E-state index < -0.39 is 0 Å². The first-order chi connectivity index (χ1) is 9.17. The molecule has 102 valence electrons.